The van der Waals surface area contributed by atoms with E-state index in [0.717, 1.165) is 60.8 Å². The Morgan fingerprint density at radius 3 is 2.79 bits per heavy atom. The molecule has 0 unspecified atom stereocenters. The first-order valence-electron chi connectivity index (χ1n) is 11.4. The van der Waals surface area contributed by atoms with Gasteiger partial charge >= 0.3 is 0 Å². The summed E-state index contributed by atoms with van der Waals surface area (Å²) in [6, 6.07) is 10.5. The molecule has 1 fully saturated rings. The number of allylic oxidation sites excluding steroid dienone is 1. The molecule has 0 spiro atoms. The lowest BCUT2D eigenvalue weighted by Crippen LogP contribution is -2.42. The van der Waals surface area contributed by atoms with Gasteiger partial charge in [0.1, 0.15) is 5.82 Å². The largest absolute Gasteiger partial charge is 0.390 e. The number of nitrogens with one attached hydrogen (secondary N) is 1. The maximum atomic E-state index is 10.2. The highest BCUT2D eigenvalue weighted by atomic mass is 16.3. The minimum Gasteiger partial charge on any atom is -0.390 e. The average molecular weight is 439 g/mol. The molecule has 7 heteroatoms. The van der Waals surface area contributed by atoms with Crippen molar-refractivity contribution in [3.63, 3.8) is 0 Å². The topological polar surface area (TPSA) is 78.6 Å². The molecule has 0 bridgehead atoms. The SMILES string of the molecule is CC1(O)CCN(c2ccc(Nc3nc(-c4ccc5c(c4)CC=C5)cn4ccnc34)cn2)CC1. The van der Waals surface area contributed by atoms with Gasteiger partial charge < -0.3 is 19.7 Å². The van der Waals surface area contributed by atoms with Crippen LogP contribution in [-0.4, -0.2) is 43.1 Å². The zero-order valence-corrected chi connectivity index (χ0v) is 18.6. The third kappa shape index (κ3) is 3.85. The molecule has 33 heavy (non-hydrogen) atoms. The van der Waals surface area contributed by atoms with Crippen molar-refractivity contribution in [3.8, 4) is 11.3 Å². The average Bonchev–Trinajstić information content (AvgIpc) is 3.48. The predicted octanol–water partition coefficient (Wildman–Crippen LogP) is 4.46. The fourth-order valence-corrected chi connectivity index (χ4v) is 4.57. The maximum absolute atomic E-state index is 10.2. The van der Waals surface area contributed by atoms with Crippen LogP contribution in [0.25, 0.3) is 23.0 Å². The van der Waals surface area contributed by atoms with Crippen molar-refractivity contribution in [2.75, 3.05) is 23.3 Å². The van der Waals surface area contributed by atoms with Crippen LogP contribution in [0.15, 0.2) is 61.2 Å². The van der Waals surface area contributed by atoms with E-state index in [-0.39, 0.29) is 0 Å². The van der Waals surface area contributed by atoms with Gasteiger partial charge in [-0.1, -0.05) is 24.3 Å². The lowest BCUT2D eigenvalue weighted by Gasteiger charge is -2.36. The Bertz CT molecular complexity index is 1350. The van der Waals surface area contributed by atoms with Gasteiger partial charge in [0.15, 0.2) is 11.5 Å². The van der Waals surface area contributed by atoms with Crippen LogP contribution in [0.2, 0.25) is 0 Å². The van der Waals surface area contributed by atoms with Crippen molar-refractivity contribution in [1.29, 1.82) is 0 Å². The molecule has 2 aliphatic rings. The second-order valence-electron chi connectivity index (χ2n) is 9.17. The van der Waals surface area contributed by atoms with E-state index in [4.69, 9.17) is 4.98 Å². The van der Waals surface area contributed by atoms with E-state index < -0.39 is 5.60 Å². The second kappa shape index (κ2) is 7.71. The van der Waals surface area contributed by atoms with Gasteiger partial charge in [0.05, 0.1) is 23.2 Å². The summed E-state index contributed by atoms with van der Waals surface area (Å²) in [5.41, 5.74) is 5.64. The summed E-state index contributed by atoms with van der Waals surface area (Å²) >= 11 is 0. The number of nitrogens with zero attached hydrogens (tertiary/aromatic N) is 5. The molecule has 1 aromatic carbocycles. The lowest BCUT2D eigenvalue weighted by atomic mass is 9.94. The zero-order valence-electron chi connectivity index (χ0n) is 18.6. The van der Waals surface area contributed by atoms with Crippen LogP contribution in [0.1, 0.15) is 30.9 Å². The Morgan fingerprint density at radius 2 is 1.97 bits per heavy atom. The Morgan fingerprint density at radius 1 is 1.09 bits per heavy atom. The van der Waals surface area contributed by atoms with E-state index in [1.165, 1.54) is 11.1 Å². The number of benzene rings is 1. The number of anilines is 3. The molecular formula is C26H26N6O. The summed E-state index contributed by atoms with van der Waals surface area (Å²) in [5, 5.41) is 13.6. The molecule has 0 atom stereocenters. The fourth-order valence-electron chi connectivity index (χ4n) is 4.57. The molecule has 0 radical (unpaired) electrons. The third-order valence-corrected chi connectivity index (χ3v) is 6.62. The van der Waals surface area contributed by atoms with Crippen molar-refractivity contribution in [2.24, 2.45) is 0 Å². The first kappa shape index (κ1) is 19.9. The highest BCUT2D eigenvalue weighted by Crippen LogP contribution is 2.29. The molecule has 0 saturated carbocycles. The van der Waals surface area contributed by atoms with Crippen LogP contribution in [-0.2, 0) is 6.42 Å². The first-order valence-corrected chi connectivity index (χ1v) is 11.4. The Kier molecular flexibility index (Phi) is 4.66. The summed E-state index contributed by atoms with van der Waals surface area (Å²) in [5.74, 6) is 1.62. The van der Waals surface area contributed by atoms with Gasteiger partial charge in [0.2, 0.25) is 0 Å². The van der Waals surface area contributed by atoms with E-state index in [2.05, 4.69) is 50.5 Å². The molecule has 4 aromatic rings. The van der Waals surface area contributed by atoms with Crippen molar-refractivity contribution < 1.29 is 5.11 Å². The number of aliphatic hydroxyl groups is 1. The number of fused-ring (bicyclic) bond motifs is 2. The van der Waals surface area contributed by atoms with Gasteiger partial charge in [0.25, 0.3) is 0 Å². The number of imidazole rings is 1. The standard InChI is InChI=1S/C26H26N6O/c1-26(33)9-12-31(13-10-26)23-8-7-21(16-28-23)29-24-25-27-11-14-32(25)17-22(30-24)20-6-5-18-3-2-4-19(18)15-20/h2-3,5-8,11,14-17,33H,4,9-10,12-13H2,1H3,(H,29,30). The molecule has 0 amide bonds. The van der Waals surface area contributed by atoms with Crippen LogP contribution in [0, 0.1) is 0 Å². The summed E-state index contributed by atoms with van der Waals surface area (Å²) in [6.45, 7) is 3.52. The van der Waals surface area contributed by atoms with Gasteiger partial charge in [0, 0.05) is 37.2 Å². The number of hydrogen-bond acceptors (Lipinski definition) is 6. The number of hydrogen-bond donors (Lipinski definition) is 2. The Hall–Kier alpha value is -3.71. The summed E-state index contributed by atoms with van der Waals surface area (Å²) in [7, 11) is 0. The Balaban J connectivity index is 1.27. The molecule has 2 N–H and O–H groups in total. The van der Waals surface area contributed by atoms with Crippen molar-refractivity contribution in [2.45, 2.75) is 31.8 Å². The number of aromatic nitrogens is 4. The molecule has 4 heterocycles. The fraction of sp³-hybridized carbons (Fsp3) is 0.269. The van der Waals surface area contributed by atoms with Crippen molar-refractivity contribution in [3.05, 3.63) is 72.3 Å². The van der Waals surface area contributed by atoms with E-state index in [1.54, 1.807) is 6.20 Å². The quantitative estimate of drug-likeness (QED) is 0.490. The predicted molar refractivity (Wildman–Crippen MR) is 131 cm³/mol. The molecule has 1 aliphatic heterocycles. The number of piperidine rings is 1. The maximum Gasteiger partial charge on any atom is 0.180 e. The molecule has 3 aromatic heterocycles. The third-order valence-electron chi connectivity index (χ3n) is 6.62. The van der Waals surface area contributed by atoms with Crippen LogP contribution < -0.4 is 10.2 Å². The van der Waals surface area contributed by atoms with E-state index in [1.807, 2.05) is 42.0 Å². The van der Waals surface area contributed by atoms with Crippen LogP contribution >= 0.6 is 0 Å². The highest BCUT2D eigenvalue weighted by Gasteiger charge is 2.27. The van der Waals surface area contributed by atoms with Crippen molar-refractivity contribution in [1.82, 2.24) is 19.4 Å². The van der Waals surface area contributed by atoms with Gasteiger partial charge in [-0.3, -0.25) is 0 Å². The van der Waals surface area contributed by atoms with E-state index in [9.17, 15) is 5.11 Å². The number of pyridine rings is 1. The Labute approximate surface area is 192 Å². The molecule has 1 saturated heterocycles. The van der Waals surface area contributed by atoms with Crippen molar-refractivity contribution >= 4 is 29.0 Å². The molecular weight excluding hydrogens is 412 g/mol. The summed E-state index contributed by atoms with van der Waals surface area (Å²) in [6.07, 6.45) is 14.4. The number of rotatable bonds is 4. The first-order chi connectivity index (χ1) is 16.0. The van der Waals surface area contributed by atoms with Crippen LogP contribution in [0.3, 0.4) is 0 Å². The zero-order chi connectivity index (χ0) is 22.4. The van der Waals surface area contributed by atoms with Gasteiger partial charge in [-0.05, 0) is 55.5 Å². The minimum atomic E-state index is -0.570. The normalized spacial score (nSPS) is 16.8. The molecule has 6 rings (SSSR count). The van der Waals surface area contributed by atoms with E-state index in [0.29, 0.717) is 5.82 Å². The molecule has 7 nitrogen and oxygen atoms in total. The monoisotopic (exact) mass is 438 g/mol. The van der Waals surface area contributed by atoms with Gasteiger partial charge in [-0.15, -0.1) is 0 Å². The van der Waals surface area contributed by atoms with Crippen LogP contribution in [0.4, 0.5) is 17.3 Å². The second-order valence-corrected chi connectivity index (χ2v) is 9.17. The molecule has 1 aliphatic carbocycles. The minimum absolute atomic E-state index is 0.570. The summed E-state index contributed by atoms with van der Waals surface area (Å²) < 4.78 is 2.00. The van der Waals surface area contributed by atoms with Gasteiger partial charge in [-0.25, -0.2) is 15.0 Å². The molecule has 166 valence electrons. The lowest BCUT2D eigenvalue weighted by molar-refractivity contribution is 0.0350. The highest BCUT2D eigenvalue weighted by molar-refractivity contribution is 5.75. The van der Waals surface area contributed by atoms with E-state index >= 15 is 0 Å². The summed E-state index contributed by atoms with van der Waals surface area (Å²) in [4.78, 5) is 16.3. The van der Waals surface area contributed by atoms with Crippen LogP contribution in [0.5, 0.6) is 0 Å². The smallest absolute Gasteiger partial charge is 0.180 e. The van der Waals surface area contributed by atoms with Gasteiger partial charge in [-0.2, -0.15) is 0 Å².